The van der Waals surface area contributed by atoms with E-state index < -0.39 is 0 Å². The Hall–Kier alpha value is -3.22. The molecule has 2 N–H and O–H groups in total. The summed E-state index contributed by atoms with van der Waals surface area (Å²) in [5.41, 5.74) is 5.36. The molecule has 4 rings (SSSR count). The Kier molecular flexibility index (Phi) is 7.06. The number of amides is 1. The van der Waals surface area contributed by atoms with Gasteiger partial charge in [-0.1, -0.05) is 43.6 Å². The Morgan fingerprint density at radius 3 is 2.52 bits per heavy atom. The molecule has 0 spiro atoms. The molecule has 4 aromatic rings. The number of oxazole rings is 1. The van der Waals surface area contributed by atoms with E-state index >= 15 is 0 Å². The van der Waals surface area contributed by atoms with Crippen LogP contribution in [-0.4, -0.2) is 16.0 Å². The highest BCUT2D eigenvalue weighted by molar-refractivity contribution is 7.80. The molecule has 7 heteroatoms. The number of fused-ring (bicyclic) bond motifs is 1. The number of halogens is 1. The van der Waals surface area contributed by atoms with Gasteiger partial charge < -0.3 is 15.1 Å². The van der Waals surface area contributed by atoms with Gasteiger partial charge in [0.1, 0.15) is 5.52 Å². The molecule has 0 saturated heterocycles. The number of hydrogen-bond acceptors (Lipinski definition) is 4. The van der Waals surface area contributed by atoms with Crippen molar-refractivity contribution in [3.63, 3.8) is 0 Å². The number of thiocarbonyl (C=S) groups is 1. The molecule has 1 aromatic heterocycles. The van der Waals surface area contributed by atoms with Crippen LogP contribution in [-0.2, 0) is 11.2 Å². The molecule has 0 aliphatic rings. The van der Waals surface area contributed by atoms with Gasteiger partial charge in [0.15, 0.2) is 10.7 Å². The molecule has 5 nitrogen and oxygen atoms in total. The van der Waals surface area contributed by atoms with Crippen molar-refractivity contribution >= 4 is 51.6 Å². The topological polar surface area (TPSA) is 67.2 Å². The van der Waals surface area contributed by atoms with Crippen molar-refractivity contribution < 1.29 is 9.21 Å². The summed E-state index contributed by atoms with van der Waals surface area (Å²) in [4.78, 5) is 16.9. The monoisotopic (exact) mass is 477 g/mol. The third-order valence-corrected chi connectivity index (χ3v) is 5.97. The van der Waals surface area contributed by atoms with Gasteiger partial charge in [0.25, 0.3) is 0 Å². The Morgan fingerprint density at radius 2 is 1.82 bits per heavy atom. The summed E-state index contributed by atoms with van der Waals surface area (Å²) in [5.74, 6) is 0.849. The third kappa shape index (κ3) is 5.78. The quantitative estimate of drug-likeness (QED) is 0.302. The summed E-state index contributed by atoms with van der Waals surface area (Å²) in [6, 6.07) is 20.9. The van der Waals surface area contributed by atoms with Crippen molar-refractivity contribution in [3.8, 4) is 11.5 Å². The fourth-order valence-corrected chi connectivity index (χ4v) is 3.78. The summed E-state index contributed by atoms with van der Waals surface area (Å²) in [5, 5.41) is 6.59. The van der Waals surface area contributed by atoms with E-state index in [0.29, 0.717) is 16.8 Å². The molecule has 0 saturated carbocycles. The minimum atomic E-state index is -0.199. The number of nitrogens with zero attached hydrogens (tertiary/aromatic N) is 1. The lowest BCUT2D eigenvalue weighted by molar-refractivity contribution is -0.119. The summed E-state index contributed by atoms with van der Waals surface area (Å²) < 4.78 is 5.94. The minimum absolute atomic E-state index is 0.199. The van der Waals surface area contributed by atoms with Crippen LogP contribution in [0.1, 0.15) is 37.3 Å². The lowest BCUT2D eigenvalue weighted by atomic mass is 9.98. The van der Waals surface area contributed by atoms with Crippen LogP contribution in [0.2, 0.25) is 5.02 Å². The van der Waals surface area contributed by atoms with E-state index in [1.807, 2.05) is 42.5 Å². The normalized spacial score (nSPS) is 11.8. The predicted molar refractivity (Wildman–Crippen MR) is 138 cm³/mol. The maximum absolute atomic E-state index is 12.2. The Labute approximate surface area is 203 Å². The van der Waals surface area contributed by atoms with Crippen molar-refractivity contribution in [1.29, 1.82) is 0 Å². The molecule has 0 unspecified atom stereocenters. The zero-order valence-electron chi connectivity index (χ0n) is 18.4. The van der Waals surface area contributed by atoms with Crippen LogP contribution < -0.4 is 10.6 Å². The minimum Gasteiger partial charge on any atom is -0.436 e. The van der Waals surface area contributed by atoms with E-state index in [-0.39, 0.29) is 17.4 Å². The van der Waals surface area contributed by atoms with Gasteiger partial charge in [-0.25, -0.2) is 4.98 Å². The first kappa shape index (κ1) is 23.0. The average molecular weight is 478 g/mol. The zero-order chi connectivity index (χ0) is 23.4. The summed E-state index contributed by atoms with van der Waals surface area (Å²) in [6.07, 6.45) is 1.29. The number of aromatic nitrogens is 1. The highest BCUT2D eigenvalue weighted by Crippen LogP contribution is 2.28. The van der Waals surface area contributed by atoms with Gasteiger partial charge in [-0.05, 0) is 84.2 Å². The third-order valence-electron chi connectivity index (χ3n) is 5.51. The van der Waals surface area contributed by atoms with E-state index in [9.17, 15) is 4.79 Å². The number of carbonyl (C=O) groups is 1. The van der Waals surface area contributed by atoms with Gasteiger partial charge in [-0.15, -0.1) is 0 Å². The maximum Gasteiger partial charge on any atom is 0.230 e. The first-order valence-corrected chi connectivity index (χ1v) is 11.6. The van der Waals surface area contributed by atoms with Crippen LogP contribution in [0.25, 0.3) is 22.6 Å². The molecular weight excluding hydrogens is 454 g/mol. The SMILES string of the molecule is CC[C@H](C)c1ccc2oc(-c3ccc(NC(=S)NC(=O)Cc4ccc(Cl)cc4)cc3)nc2c1. The van der Waals surface area contributed by atoms with Gasteiger partial charge in [-0.2, -0.15) is 0 Å². The molecule has 1 heterocycles. The molecule has 33 heavy (non-hydrogen) atoms. The summed E-state index contributed by atoms with van der Waals surface area (Å²) in [7, 11) is 0. The van der Waals surface area contributed by atoms with Crippen molar-refractivity contribution in [2.75, 3.05) is 5.32 Å². The van der Waals surface area contributed by atoms with Gasteiger partial charge in [0.2, 0.25) is 11.8 Å². The van der Waals surface area contributed by atoms with Gasteiger partial charge in [-0.3, -0.25) is 4.79 Å². The average Bonchev–Trinajstić information content (AvgIpc) is 3.23. The van der Waals surface area contributed by atoms with Crippen molar-refractivity contribution in [1.82, 2.24) is 10.3 Å². The first-order chi connectivity index (χ1) is 15.9. The standard InChI is InChI=1S/C26H24ClN3O2S/c1-3-16(2)19-8-13-23-22(15-19)29-25(32-23)18-6-11-21(12-7-18)28-26(33)30-24(31)14-17-4-9-20(27)10-5-17/h4-13,15-16H,3,14H2,1-2H3,(H2,28,30,31,33)/t16-/m0/s1. The van der Waals surface area contributed by atoms with Crippen molar-refractivity contribution in [2.45, 2.75) is 32.6 Å². The molecule has 0 fully saturated rings. The molecule has 168 valence electrons. The van der Waals surface area contributed by atoms with Crippen molar-refractivity contribution in [2.24, 2.45) is 0 Å². The fourth-order valence-electron chi connectivity index (χ4n) is 3.43. The predicted octanol–water partition coefficient (Wildman–Crippen LogP) is 6.72. The maximum atomic E-state index is 12.2. The van der Waals surface area contributed by atoms with Crippen LogP contribution >= 0.6 is 23.8 Å². The van der Waals surface area contributed by atoms with Gasteiger partial charge in [0, 0.05) is 16.3 Å². The molecule has 0 radical (unpaired) electrons. The second kappa shape index (κ2) is 10.1. The number of hydrogen-bond donors (Lipinski definition) is 2. The number of carbonyl (C=O) groups excluding carboxylic acids is 1. The molecule has 0 aliphatic carbocycles. The van der Waals surface area contributed by atoms with Crippen LogP contribution in [0.15, 0.2) is 71.1 Å². The molecule has 1 atom stereocenters. The molecular formula is C26H24ClN3O2S. The van der Waals surface area contributed by atoms with E-state index in [4.69, 9.17) is 28.2 Å². The summed E-state index contributed by atoms with van der Waals surface area (Å²) >= 11 is 11.1. The van der Waals surface area contributed by atoms with Crippen LogP contribution in [0.5, 0.6) is 0 Å². The van der Waals surface area contributed by atoms with E-state index in [1.165, 1.54) is 5.56 Å². The van der Waals surface area contributed by atoms with Gasteiger partial charge >= 0.3 is 0 Å². The second-order valence-corrected chi connectivity index (χ2v) is 8.78. The number of anilines is 1. The van der Waals surface area contributed by atoms with E-state index in [1.54, 1.807) is 12.1 Å². The van der Waals surface area contributed by atoms with Crippen LogP contribution in [0, 0.1) is 0 Å². The van der Waals surface area contributed by atoms with Gasteiger partial charge in [0.05, 0.1) is 6.42 Å². The Morgan fingerprint density at radius 1 is 1.09 bits per heavy atom. The first-order valence-electron chi connectivity index (χ1n) is 10.8. The zero-order valence-corrected chi connectivity index (χ0v) is 20.0. The van der Waals surface area contributed by atoms with E-state index in [0.717, 1.165) is 34.3 Å². The lowest BCUT2D eigenvalue weighted by Crippen LogP contribution is -2.35. The number of rotatable bonds is 6. The highest BCUT2D eigenvalue weighted by atomic mass is 35.5. The summed E-state index contributed by atoms with van der Waals surface area (Å²) in [6.45, 7) is 4.38. The number of nitrogens with one attached hydrogen (secondary N) is 2. The fraction of sp³-hybridized carbons (Fsp3) is 0.192. The lowest BCUT2D eigenvalue weighted by Gasteiger charge is -2.10. The second-order valence-electron chi connectivity index (χ2n) is 7.94. The Balaban J connectivity index is 1.38. The largest absolute Gasteiger partial charge is 0.436 e. The molecule has 0 aliphatic heterocycles. The Bertz CT molecular complexity index is 1280. The van der Waals surface area contributed by atoms with E-state index in [2.05, 4.69) is 41.6 Å². The van der Waals surface area contributed by atoms with Crippen LogP contribution in [0.4, 0.5) is 5.69 Å². The highest BCUT2D eigenvalue weighted by Gasteiger charge is 2.12. The van der Waals surface area contributed by atoms with Crippen molar-refractivity contribution in [3.05, 3.63) is 82.9 Å². The molecule has 1 amide bonds. The molecule has 3 aromatic carbocycles. The smallest absolute Gasteiger partial charge is 0.230 e. The van der Waals surface area contributed by atoms with Crippen LogP contribution in [0.3, 0.4) is 0 Å². The number of benzene rings is 3. The molecule has 0 bridgehead atoms.